The van der Waals surface area contributed by atoms with Crippen LogP contribution >= 0.6 is 0 Å². The normalized spacial score (nSPS) is 14.9. The summed E-state index contributed by atoms with van der Waals surface area (Å²) in [6, 6.07) is 0. The molecule has 1 rings (SSSR count). The van der Waals surface area contributed by atoms with Gasteiger partial charge in [-0.15, -0.1) is 6.58 Å². The number of esters is 1. The lowest BCUT2D eigenvalue weighted by Gasteiger charge is -2.21. The molecule has 0 aromatic rings. The van der Waals surface area contributed by atoms with Crippen molar-refractivity contribution < 1.29 is 19.0 Å². The van der Waals surface area contributed by atoms with Gasteiger partial charge in [0.1, 0.15) is 24.7 Å². The zero-order valence-electron chi connectivity index (χ0n) is 10.4. The topological polar surface area (TPSA) is 44.8 Å². The fourth-order valence-corrected chi connectivity index (χ4v) is 1.63. The van der Waals surface area contributed by atoms with Crippen LogP contribution in [0.4, 0.5) is 0 Å². The van der Waals surface area contributed by atoms with Crippen LogP contribution in [0.25, 0.3) is 0 Å². The molecule has 0 bridgehead atoms. The summed E-state index contributed by atoms with van der Waals surface area (Å²) in [5.41, 5.74) is 0. The molecule has 4 nitrogen and oxygen atoms in total. The van der Waals surface area contributed by atoms with Crippen LogP contribution in [-0.2, 0) is 19.0 Å². The Morgan fingerprint density at radius 2 is 2.12 bits per heavy atom. The number of rotatable bonds is 7. The maximum absolute atomic E-state index is 11.2. The van der Waals surface area contributed by atoms with Crippen LogP contribution in [0.15, 0.2) is 24.2 Å². The number of hydrogen-bond acceptors (Lipinski definition) is 4. The molecule has 4 heteroatoms. The van der Waals surface area contributed by atoms with E-state index in [-0.39, 0.29) is 5.97 Å². The second kappa shape index (κ2) is 7.76. The monoisotopic (exact) mass is 240 g/mol. The summed E-state index contributed by atoms with van der Waals surface area (Å²) >= 11 is 0. The quantitative estimate of drug-likeness (QED) is 0.506. The molecule has 1 heterocycles. The molecule has 0 spiro atoms. The summed E-state index contributed by atoms with van der Waals surface area (Å²) in [5, 5.41) is 0. The van der Waals surface area contributed by atoms with E-state index in [9.17, 15) is 4.79 Å². The summed E-state index contributed by atoms with van der Waals surface area (Å²) in [4.78, 5) is 11.2. The first-order valence-electron chi connectivity index (χ1n) is 6.02. The Labute approximate surface area is 102 Å². The lowest BCUT2D eigenvalue weighted by atomic mass is 10.1. The van der Waals surface area contributed by atoms with Crippen LogP contribution in [0.2, 0.25) is 0 Å². The Kier molecular flexibility index (Phi) is 6.22. The lowest BCUT2D eigenvalue weighted by Crippen LogP contribution is -2.14. The summed E-state index contributed by atoms with van der Waals surface area (Å²) in [7, 11) is 0. The standard InChI is InChI=1S/C13H20O4/c1-3-6-11-12(17-10-9-16-11)7-5-8-13(14)15-4-2/h3H,1,4-10H2,2H3. The second-order valence-corrected chi connectivity index (χ2v) is 3.69. The average Bonchev–Trinajstić information content (AvgIpc) is 2.32. The van der Waals surface area contributed by atoms with Crippen LogP contribution < -0.4 is 0 Å². The van der Waals surface area contributed by atoms with Gasteiger partial charge in [0.25, 0.3) is 0 Å². The third-order valence-corrected chi connectivity index (χ3v) is 2.37. The largest absolute Gasteiger partial charge is 0.491 e. The molecule has 0 aliphatic carbocycles. The van der Waals surface area contributed by atoms with E-state index < -0.39 is 0 Å². The van der Waals surface area contributed by atoms with E-state index in [1.165, 1.54) is 0 Å². The van der Waals surface area contributed by atoms with E-state index in [0.717, 1.165) is 17.9 Å². The first kappa shape index (κ1) is 13.6. The lowest BCUT2D eigenvalue weighted by molar-refractivity contribution is -0.143. The summed E-state index contributed by atoms with van der Waals surface area (Å²) in [5.74, 6) is 1.53. The van der Waals surface area contributed by atoms with Crippen molar-refractivity contribution in [1.82, 2.24) is 0 Å². The molecule has 1 aliphatic heterocycles. The van der Waals surface area contributed by atoms with Crippen molar-refractivity contribution in [2.45, 2.75) is 32.6 Å². The van der Waals surface area contributed by atoms with Crippen molar-refractivity contribution in [3.8, 4) is 0 Å². The van der Waals surface area contributed by atoms with E-state index in [4.69, 9.17) is 14.2 Å². The maximum atomic E-state index is 11.2. The number of carbonyl (C=O) groups is 1. The predicted molar refractivity (Wildman–Crippen MR) is 64.2 cm³/mol. The summed E-state index contributed by atoms with van der Waals surface area (Å²) in [6.07, 6.45) is 4.31. The fraction of sp³-hybridized carbons (Fsp3) is 0.615. The van der Waals surface area contributed by atoms with Gasteiger partial charge in [-0.1, -0.05) is 6.08 Å². The third kappa shape index (κ3) is 4.93. The number of carbonyl (C=O) groups excluding carboxylic acids is 1. The van der Waals surface area contributed by atoms with Crippen molar-refractivity contribution in [3.05, 3.63) is 24.2 Å². The smallest absolute Gasteiger partial charge is 0.305 e. The molecule has 96 valence electrons. The maximum Gasteiger partial charge on any atom is 0.305 e. The molecule has 0 N–H and O–H groups in total. The second-order valence-electron chi connectivity index (χ2n) is 3.69. The molecule has 0 fully saturated rings. The third-order valence-electron chi connectivity index (χ3n) is 2.37. The molecule has 0 aromatic carbocycles. The molecule has 0 atom stereocenters. The van der Waals surface area contributed by atoms with Gasteiger partial charge in [0.2, 0.25) is 0 Å². The molecule has 17 heavy (non-hydrogen) atoms. The average molecular weight is 240 g/mol. The van der Waals surface area contributed by atoms with Gasteiger partial charge >= 0.3 is 5.97 Å². The SMILES string of the molecule is C=CCC1=C(CCCC(=O)OCC)OCCO1. The molecule has 0 radical (unpaired) electrons. The summed E-state index contributed by atoms with van der Waals surface area (Å²) in [6.45, 7) is 7.08. The van der Waals surface area contributed by atoms with Crippen molar-refractivity contribution in [3.63, 3.8) is 0 Å². The van der Waals surface area contributed by atoms with Crippen LogP contribution in [0.5, 0.6) is 0 Å². The molecule has 0 unspecified atom stereocenters. The first-order valence-corrected chi connectivity index (χ1v) is 6.02. The van der Waals surface area contributed by atoms with Crippen LogP contribution in [-0.4, -0.2) is 25.8 Å². The van der Waals surface area contributed by atoms with E-state index in [0.29, 0.717) is 39.1 Å². The molecule has 1 aliphatic rings. The Balaban J connectivity index is 2.37. The van der Waals surface area contributed by atoms with Gasteiger partial charge in [-0.2, -0.15) is 0 Å². The van der Waals surface area contributed by atoms with Gasteiger partial charge in [0.05, 0.1) is 6.61 Å². The van der Waals surface area contributed by atoms with Crippen molar-refractivity contribution >= 4 is 5.97 Å². The van der Waals surface area contributed by atoms with Gasteiger partial charge in [-0.05, 0) is 13.3 Å². The Bertz CT molecular complexity index is 294. The zero-order chi connectivity index (χ0) is 12.5. The van der Waals surface area contributed by atoms with Crippen molar-refractivity contribution in [2.75, 3.05) is 19.8 Å². The predicted octanol–water partition coefficient (Wildman–Crippen LogP) is 2.55. The van der Waals surface area contributed by atoms with Crippen LogP contribution in [0.3, 0.4) is 0 Å². The minimum absolute atomic E-state index is 0.157. The van der Waals surface area contributed by atoms with Gasteiger partial charge in [-0.3, -0.25) is 4.79 Å². The first-order chi connectivity index (χ1) is 8.27. The van der Waals surface area contributed by atoms with Gasteiger partial charge in [0, 0.05) is 19.3 Å². The van der Waals surface area contributed by atoms with E-state index in [2.05, 4.69) is 6.58 Å². The minimum atomic E-state index is -0.157. The number of allylic oxidation sites excluding steroid dienone is 2. The van der Waals surface area contributed by atoms with Gasteiger partial charge in [0.15, 0.2) is 0 Å². The van der Waals surface area contributed by atoms with Gasteiger partial charge < -0.3 is 14.2 Å². The Morgan fingerprint density at radius 3 is 2.76 bits per heavy atom. The summed E-state index contributed by atoms with van der Waals surface area (Å²) < 4.78 is 15.9. The molecule has 0 saturated carbocycles. The van der Waals surface area contributed by atoms with Crippen LogP contribution in [0.1, 0.15) is 32.6 Å². The van der Waals surface area contributed by atoms with E-state index in [1.54, 1.807) is 13.0 Å². The molecular weight excluding hydrogens is 220 g/mol. The molecular formula is C13H20O4. The van der Waals surface area contributed by atoms with Crippen molar-refractivity contribution in [1.29, 1.82) is 0 Å². The highest BCUT2D eigenvalue weighted by atomic mass is 16.6. The highest BCUT2D eigenvalue weighted by Crippen LogP contribution is 2.21. The molecule has 0 amide bonds. The minimum Gasteiger partial charge on any atom is -0.491 e. The Hall–Kier alpha value is -1.45. The van der Waals surface area contributed by atoms with Crippen LogP contribution in [0, 0.1) is 0 Å². The highest BCUT2D eigenvalue weighted by molar-refractivity contribution is 5.69. The number of ether oxygens (including phenoxy) is 3. The molecule has 0 aromatic heterocycles. The number of hydrogen-bond donors (Lipinski definition) is 0. The van der Waals surface area contributed by atoms with Gasteiger partial charge in [-0.25, -0.2) is 0 Å². The van der Waals surface area contributed by atoms with E-state index >= 15 is 0 Å². The van der Waals surface area contributed by atoms with Crippen molar-refractivity contribution in [2.24, 2.45) is 0 Å². The zero-order valence-corrected chi connectivity index (χ0v) is 10.4. The Morgan fingerprint density at radius 1 is 1.41 bits per heavy atom. The fourth-order valence-electron chi connectivity index (χ4n) is 1.63. The highest BCUT2D eigenvalue weighted by Gasteiger charge is 2.14. The molecule has 0 saturated heterocycles. The van der Waals surface area contributed by atoms with E-state index in [1.807, 2.05) is 0 Å².